The molecule has 2 heterocycles. The zero-order chi connectivity index (χ0) is 19.8. The number of benzene rings is 1. The van der Waals surface area contributed by atoms with Crippen molar-refractivity contribution in [3.8, 4) is 5.69 Å². The molecule has 140 valence electrons. The Morgan fingerprint density at radius 3 is 2.70 bits per heavy atom. The molecule has 0 atom stereocenters. The van der Waals surface area contributed by atoms with Gasteiger partial charge in [-0.25, -0.2) is 9.67 Å². The number of amides is 1. The zero-order valence-corrected chi connectivity index (χ0v) is 16.0. The molecule has 0 fully saturated rings. The van der Waals surface area contributed by atoms with Gasteiger partial charge in [0.2, 0.25) is 0 Å². The molecule has 2 aromatic heterocycles. The number of halogens is 5. The van der Waals surface area contributed by atoms with Crippen LogP contribution < -0.4 is 5.32 Å². The average Bonchev–Trinajstić information content (AvgIpc) is 2.96. The highest BCUT2D eigenvalue weighted by atomic mass is 79.9. The van der Waals surface area contributed by atoms with Gasteiger partial charge in [0.1, 0.15) is 11.0 Å². The molecule has 1 aromatic carbocycles. The molecule has 0 saturated carbocycles. The van der Waals surface area contributed by atoms with E-state index < -0.39 is 17.6 Å². The Hall–Kier alpha value is -2.39. The number of alkyl halides is 3. The Bertz CT molecular complexity index is 1020. The fourth-order valence-corrected chi connectivity index (χ4v) is 2.89. The first kappa shape index (κ1) is 19.4. The lowest BCUT2D eigenvalue weighted by Gasteiger charge is -2.12. The van der Waals surface area contributed by atoms with Gasteiger partial charge >= 0.3 is 6.18 Å². The number of aromatic nitrogens is 3. The average molecular weight is 460 g/mol. The number of carbonyl (C=O) groups is 1. The maximum atomic E-state index is 13.0. The lowest BCUT2D eigenvalue weighted by Crippen LogP contribution is -2.16. The van der Waals surface area contributed by atoms with Crippen LogP contribution in [0.15, 0.2) is 47.1 Å². The van der Waals surface area contributed by atoms with Crippen LogP contribution in [0.1, 0.15) is 21.6 Å². The van der Waals surface area contributed by atoms with Crippen molar-refractivity contribution >= 4 is 39.3 Å². The minimum atomic E-state index is -4.49. The van der Waals surface area contributed by atoms with E-state index in [0.717, 1.165) is 12.1 Å². The first-order valence-corrected chi connectivity index (χ1v) is 8.69. The van der Waals surface area contributed by atoms with Crippen molar-refractivity contribution in [3.63, 3.8) is 0 Å². The Morgan fingerprint density at radius 2 is 2.00 bits per heavy atom. The molecule has 1 amide bonds. The fourth-order valence-electron chi connectivity index (χ4n) is 2.36. The van der Waals surface area contributed by atoms with Crippen molar-refractivity contribution in [1.82, 2.24) is 14.8 Å². The third kappa shape index (κ3) is 4.30. The molecule has 5 nitrogen and oxygen atoms in total. The summed E-state index contributed by atoms with van der Waals surface area (Å²) in [5.41, 5.74) is -0.0296. The molecule has 0 saturated heterocycles. The number of nitrogens with one attached hydrogen (secondary N) is 1. The summed E-state index contributed by atoms with van der Waals surface area (Å²) in [5.74, 6) is -0.366. The molecular formula is C17H11BrClF3N4O. The van der Waals surface area contributed by atoms with Crippen molar-refractivity contribution in [1.29, 1.82) is 0 Å². The summed E-state index contributed by atoms with van der Waals surface area (Å²) in [7, 11) is 0. The second-order valence-electron chi connectivity index (χ2n) is 5.58. The predicted molar refractivity (Wildman–Crippen MR) is 98.2 cm³/mol. The monoisotopic (exact) mass is 458 g/mol. The minimum absolute atomic E-state index is 0.00226. The van der Waals surface area contributed by atoms with Gasteiger partial charge in [-0.05, 0) is 47.1 Å². The number of pyridine rings is 1. The summed E-state index contributed by atoms with van der Waals surface area (Å²) >= 11 is 9.16. The number of anilines is 1. The molecule has 0 bridgehead atoms. The van der Waals surface area contributed by atoms with Crippen molar-refractivity contribution in [2.24, 2.45) is 0 Å². The maximum Gasteiger partial charge on any atom is 0.416 e. The summed E-state index contributed by atoms with van der Waals surface area (Å²) in [5, 5.41) is 6.77. The normalized spacial score (nSPS) is 11.5. The third-order valence-electron chi connectivity index (χ3n) is 3.54. The molecule has 0 aliphatic heterocycles. The van der Waals surface area contributed by atoms with Gasteiger partial charge in [0.25, 0.3) is 5.91 Å². The topological polar surface area (TPSA) is 59.8 Å². The predicted octanol–water partition coefficient (Wildman–Crippen LogP) is 5.26. The van der Waals surface area contributed by atoms with E-state index in [9.17, 15) is 18.0 Å². The fraction of sp³-hybridized carbons (Fsp3) is 0.118. The molecular weight excluding hydrogens is 449 g/mol. The van der Waals surface area contributed by atoms with Crippen LogP contribution in [0.2, 0.25) is 5.15 Å². The van der Waals surface area contributed by atoms with E-state index in [0.29, 0.717) is 10.2 Å². The van der Waals surface area contributed by atoms with Gasteiger partial charge in [0, 0.05) is 16.7 Å². The number of hydrogen-bond acceptors (Lipinski definition) is 3. The number of rotatable bonds is 3. The summed E-state index contributed by atoms with van der Waals surface area (Å²) in [6.45, 7) is 1.66. The first-order chi connectivity index (χ1) is 12.6. The van der Waals surface area contributed by atoms with E-state index in [2.05, 4.69) is 31.3 Å². The quantitative estimate of drug-likeness (QED) is 0.543. The molecule has 3 aromatic rings. The van der Waals surface area contributed by atoms with Crippen LogP contribution in [0, 0.1) is 6.92 Å². The van der Waals surface area contributed by atoms with Crippen molar-refractivity contribution in [2.75, 3.05) is 5.32 Å². The summed E-state index contributed by atoms with van der Waals surface area (Å²) in [6, 6.07) is 7.68. The van der Waals surface area contributed by atoms with E-state index >= 15 is 0 Å². The van der Waals surface area contributed by atoms with Gasteiger partial charge in [-0.1, -0.05) is 17.7 Å². The molecule has 0 aliphatic carbocycles. The van der Waals surface area contributed by atoms with Crippen LogP contribution >= 0.6 is 27.5 Å². The molecule has 0 radical (unpaired) electrons. The highest BCUT2D eigenvalue weighted by Gasteiger charge is 2.30. The number of nitrogens with zero attached hydrogens (tertiary/aromatic N) is 3. The van der Waals surface area contributed by atoms with E-state index in [1.165, 1.54) is 35.1 Å². The van der Waals surface area contributed by atoms with Gasteiger partial charge in [-0.2, -0.15) is 18.3 Å². The molecule has 10 heteroatoms. The molecule has 1 N–H and O–H groups in total. The second kappa shape index (κ2) is 7.32. The lowest BCUT2D eigenvalue weighted by molar-refractivity contribution is -0.137. The second-order valence-corrected chi connectivity index (χ2v) is 6.85. The number of hydrogen-bond donors (Lipinski definition) is 1. The summed E-state index contributed by atoms with van der Waals surface area (Å²) in [4.78, 5) is 16.4. The zero-order valence-electron chi connectivity index (χ0n) is 13.7. The van der Waals surface area contributed by atoms with Gasteiger partial charge in [0.15, 0.2) is 0 Å². The van der Waals surface area contributed by atoms with Crippen LogP contribution in [-0.4, -0.2) is 20.7 Å². The summed E-state index contributed by atoms with van der Waals surface area (Å²) < 4.78 is 40.7. The van der Waals surface area contributed by atoms with Crippen molar-refractivity contribution in [2.45, 2.75) is 13.1 Å². The molecule has 0 spiro atoms. The number of aryl methyl sites for hydroxylation is 1. The van der Waals surface area contributed by atoms with Gasteiger partial charge in [-0.3, -0.25) is 4.79 Å². The van der Waals surface area contributed by atoms with Crippen molar-refractivity contribution in [3.05, 3.63) is 69.0 Å². The van der Waals surface area contributed by atoms with Gasteiger partial charge < -0.3 is 5.32 Å². The minimum Gasteiger partial charge on any atom is -0.306 e. The Morgan fingerprint density at radius 1 is 1.26 bits per heavy atom. The highest BCUT2D eigenvalue weighted by molar-refractivity contribution is 9.10. The van der Waals surface area contributed by atoms with Crippen LogP contribution in [0.25, 0.3) is 5.69 Å². The Balaban J connectivity index is 1.98. The third-order valence-corrected chi connectivity index (χ3v) is 4.28. The molecule has 3 rings (SSSR count). The Kier molecular flexibility index (Phi) is 5.25. The lowest BCUT2D eigenvalue weighted by atomic mass is 10.2. The summed E-state index contributed by atoms with van der Waals surface area (Å²) in [6.07, 6.45) is -3.05. The highest BCUT2D eigenvalue weighted by Crippen LogP contribution is 2.31. The molecule has 27 heavy (non-hydrogen) atoms. The maximum absolute atomic E-state index is 13.0. The van der Waals surface area contributed by atoms with Gasteiger partial charge in [0.05, 0.1) is 22.5 Å². The molecule has 0 aliphatic rings. The number of carbonyl (C=O) groups excluding carboxylic acids is 1. The standard InChI is InChI=1S/C17H11BrClF3N4O/c1-9-5-14(24-16(27)13-7-11(18)8-23-15(13)19)26(25-9)12-4-2-3-10(6-12)17(20,21)22/h2-8H,1H3,(H,24,27). The van der Waals surface area contributed by atoms with Crippen molar-refractivity contribution < 1.29 is 18.0 Å². The van der Waals surface area contributed by atoms with Gasteiger partial charge in [-0.15, -0.1) is 0 Å². The van der Waals surface area contributed by atoms with Crippen LogP contribution in [-0.2, 0) is 6.18 Å². The Labute approximate surface area is 165 Å². The first-order valence-electron chi connectivity index (χ1n) is 7.52. The SMILES string of the molecule is Cc1cc(NC(=O)c2cc(Br)cnc2Cl)n(-c2cccc(C(F)(F)F)c2)n1. The van der Waals surface area contributed by atoms with E-state index in [-0.39, 0.29) is 22.2 Å². The smallest absolute Gasteiger partial charge is 0.306 e. The van der Waals surface area contributed by atoms with Crippen LogP contribution in [0.5, 0.6) is 0 Å². The van der Waals surface area contributed by atoms with Crippen LogP contribution in [0.3, 0.4) is 0 Å². The molecule has 0 unspecified atom stereocenters. The van der Waals surface area contributed by atoms with E-state index in [1.807, 2.05) is 0 Å². The van der Waals surface area contributed by atoms with E-state index in [1.54, 1.807) is 6.92 Å². The van der Waals surface area contributed by atoms with Crippen LogP contribution in [0.4, 0.5) is 19.0 Å². The van der Waals surface area contributed by atoms with E-state index in [4.69, 9.17) is 11.6 Å². The largest absolute Gasteiger partial charge is 0.416 e.